The first-order valence-corrected chi connectivity index (χ1v) is 5.17. The van der Waals surface area contributed by atoms with Gasteiger partial charge in [0.25, 0.3) is 0 Å². The van der Waals surface area contributed by atoms with Crippen molar-refractivity contribution >= 4 is 12.0 Å². The molecule has 0 unspecified atom stereocenters. The van der Waals surface area contributed by atoms with Gasteiger partial charge in [-0.3, -0.25) is 4.79 Å². The van der Waals surface area contributed by atoms with Crippen molar-refractivity contribution in [1.82, 2.24) is 5.32 Å². The second-order valence-corrected chi connectivity index (χ2v) is 4.63. The third-order valence-corrected chi connectivity index (χ3v) is 1.85. The SMILES string of the molecule is CC(C)(C)NC(=O)/C=C/c1ccccc1O. The summed E-state index contributed by atoms with van der Waals surface area (Å²) in [7, 11) is 0. The normalized spacial score (nSPS) is 11.7. The molecule has 0 aliphatic heterocycles. The van der Waals surface area contributed by atoms with Crippen LogP contribution in [0.5, 0.6) is 5.75 Å². The molecule has 0 aliphatic rings. The number of benzene rings is 1. The minimum absolute atomic E-state index is 0.169. The van der Waals surface area contributed by atoms with Crippen molar-refractivity contribution in [3.8, 4) is 5.75 Å². The summed E-state index contributed by atoms with van der Waals surface area (Å²) in [6.45, 7) is 5.75. The number of phenolic OH excluding ortho intramolecular Hbond substituents is 1. The van der Waals surface area contributed by atoms with E-state index in [4.69, 9.17) is 0 Å². The molecular formula is C13H17NO2. The maximum atomic E-state index is 11.5. The zero-order valence-electron chi connectivity index (χ0n) is 9.82. The van der Waals surface area contributed by atoms with Crippen LogP contribution >= 0.6 is 0 Å². The predicted molar refractivity (Wildman–Crippen MR) is 65.0 cm³/mol. The molecule has 2 N–H and O–H groups in total. The van der Waals surface area contributed by atoms with Crippen LogP contribution < -0.4 is 5.32 Å². The van der Waals surface area contributed by atoms with Crippen LogP contribution in [0.3, 0.4) is 0 Å². The van der Waals surface area contributed by atoms with Gasteiger partial charge in [-0.05, 0) is 32.9 Å². The average Bonchev–Trinajstić information content (AvgIpc) is 2.14. The number of para-hydroxylation sites is 1. The molecule has 0 radical (unpaired) electrons. The molecule has 1 aromatic carbocycles. The lowest BCUT2D eigenvalue weighted by atomic mass is 10.1. The second kappa shape index (κ2) is 4.84. The number of carbonyl (C=O) groups excluding carboxylic acids is 1. The molecule has 0 aromatic heterocycles. The number of nitrogens with one attached hydrogen (secondary N) is 1. The molecule has 3 heteroatoms. The molecule has 1 amide bonds. The van der Waals surface area contributed by atoms with Gasteiger partial charge in [0.2, 0.25) is 5.91 Å². The van der Waals surface area contributed by atoms with Gasteiger partial charge in [0.05, 0.1) is 0 Å². The Bertz CT molecular complexity index is 403. The van der Waals surface area contributed by atoms with Crippen LogP contribution in [-0.2, 0) is 4.79 Å². The molecule has 86 valence electrons. The maximum absolute atomic E-state index is 11.5. The maximum Gasteiger partial charge on any atom is 0.244 e. The molecule has 16 heavy (non-hydrogen) atoms. The summed E-state index contributed by atoms with van der Waals surface area (Å²) >= 11 is 0. The molecule has 0 aliphatic carbocycles. The third-order valence-electron chi connectivity index (χ3n) is 1.85. The van der Waals surface area contributed by atoms with Crippen molar-refractivity contribution in [2.24, 2.45) is 0 Å². The lowest BCUT2D eigenvalue weighted by Crippen LogP contribution is -2.39. The van der Waals surface area contributed by atoms with Gasteiger partial charge in [0.15, 0.2) is 0 Å². The topological polar surface area (TPSA) is 49.3 Å². The fourth-order valence-corrected chi connectivity index (χ4v) is 1.21. The smallest absolute Gasteiger partial charge is 0.244 e. The van der Waals surface area contributed by atoms with Crippen LogP contribution in [-0.4, -0.2) is 16.6 Å². The Morgan fingerprint density at radius 1 is 1.31 bits per heavy atom. The number of rotatable bonds is 2. The minimum Gasteiger partial charge on any atom is -0.507 e. The Balaban J connectivity index is 2.68. The van der Waals surface area contributed by atoms with Crippen molar-refractivity contribution < 1.29 is 9.90 Å². The van der Waals surface area contributed by atoms with E-state index in [1.165, 1.54) is 6.08 Å². The van der Waals surface area contributed by atoms with E-state index >= 15 is 0 Å². The van der Waals surface area contributed by atoms with E-state index < -0.39 is 0 Å². The van der Waals surface area contributed by atoms with Gasteiger partial charge in [-0.25, -0.2) is 0 Å². The number of aromatic hydroxyl groups is 1. The lowest BCUT2D eigenvalue weighted by Gasteiger charge is -2.18. The summed E-state index contributed by atoms with van der Waals surface area (Å²) < 4.78 is 0. The second-order valence-electron chi connectivity index (χ2n) is 4.63. The van der Waals surface area contributed by atoms with Crippen LogP contribution in [0, 0.1) is 0 Å². The summed E-state index contributed by atoms with van der Waals surface area (Å²) in [6, 6.07) is 6.88. The van der Waals surface area contributed by atoms with Crippen LogP contribution in [0.15, 0.2) is 30.3 Å². The Hall–Kier alpha value is -1.77. The number of amides is 1. The van der Waals surface area contributed by atoms with Gasteiger partial charge < -0.3 is 10.4 Å². The number of hydrogen-bond donors (Lipinski definition) is 2. The van der Waals surface area contributed by atoms with E-state index in [-0.39, 0.29) is 17.2 Å². The van der Waals surface area contributed by atoms with Crippen molar-refractivity contribution in [2.75, 3.05) is 0 Å². The summed E-state index contributed by atoms with van der Waals surface area (Å²) in [5.74, 6) is -0.00179. The van der Waals surface area contributed by atoms with Crippen molar-refractivity contribution in [1.29, 1.82) is 0 Å². The van der Waals surface area contributed by atoms with Crippen LogP contribution in [0.4, 0.5) is 0 Å². The molecule has 3 nitrogen and oxygen atoms in total. The molecule has 0 saturated heterocycles. The Morgan fingerprint density at radius 2 is 1.94 bits per heavy atom. The average molecular weight is 219 g/mol. The third kappa shape index (κ3) is 4.17. The van der Waals surface area contributed by atoms with E-state index in [0.29, 0.717) is 5.56 Å². The quantitative estimate of drug-likeness (QED) is 0.750. The van der Waals surface area contributed by atoms with Crippen molar-refractivity contribution in [3.05, 3.63) is 35.9 Å². The van der Waals surface area contributed by atoms with Crippen molar-refractivity contribution in [3.63, 3.8) is 0 Å². The first-order valence-electron chi connectivity index (χ1n) is 5.17. The zero-order valence-corrected chi connectivity index (χ0v) is 9.82. The summed E-state index contributed by atoms with van der Waals surface area (Å²) in [5.41, 5.74) is 0.381. The van der Waals surface area contributed by atoms with Crippen LogP contribution in [0.1, 0.15) is 26.3 Å². The summed E-state index contributed by atoms with van der Waals surface area (Å²) in [6.07, 6.45) is 3.01. The molecule has 1 rings (SSSR count). The molecule has 1 aromatic rings. The lowest BCUT2D eigenvalue weighted by molar-refractivity contribution is -0.117. The Kier molecular flexibility index (Phi) is 3.72. The van der Waals surface area contributed by atoms with E-state index in [1.807, 2.05) is 20.8 Å². The Labute approximate surface area is 95.8 Å². The van der Waals surface area contributed by atoms with E-state index in [2.05, 4.69) is 5.32 Å². The standard InChI is InChI=1S/C13H17NO2/c1-13(2,3)14-12(16)9-8-10-6-4-5-7-11(10)15/h4-9,15H,1-3H3,(H,14,16)/b9-8+. The highest BCUT2D eigenvalue weighted by molar-refractivity contribution is 5.92. The first kappa shape index (κ1) is 12.3. The highest BCUT2D eigenvalue weighted by atomic mass is 16.3. The summed E-state index contributed by atoms with van der Waals surface area (Å²) in [4.78, 5) is 11.5. The fraction of sp³-hybridized carbons (Fsp3) is 0.308. The number of phenols is 1. The Morgan fingerprint density at radius 3 is 2.50 bits per heavy atom. The van der Waals surface area contributed by atoms with Gasteiger partial charge in [-0.15, -0.1) is 0 Å². The fourth-order valence-electron chi connectivity index (χ4n) is 1.21. The predicted octanol–water partition coefficient (Wildman–Crippen LogP) is 2.32. The molecular weight excluding hydrogens is 202 g/mol. The number of carbonyl (C=O) groups is 1. The summed E-state index contributed by atoms with van der Waals surface area (Å²) in [5, 5.41) is 12.3. The molecule has 0 heterocycles. The minimum atomic E-state index is -0.250. The molecule has 0 spiro atoms. The van der Waals surface area contributed by atoms with Gasteiger partial charge in [-0.2, -0.15) is 0 Å². The van der Waals surface area contributed by atoms with Crippen molar-refractivity contribution in [2.45, 2.75) is 26.3 Å². The highest BCUT2D eigenvalue weighted by Crippen LogP contribution is 2.16. The van der Waals surface area contributed by atoms with Crippen LogP contribution in [0.25, 0.3) is 6.08 Å². The van der Waals surface area contributed by atoms with E-state index in [0.717, 1.165) is 0 Å². The monoisotopic (exact) mass is 219 g/mol. The van der Waals surface area contributed by atoms with Crippen LogP contribution in [0.2, 0.25) is 0 Å². The largest absolute Gasteiger partial charge is 0.507 e. The number of hydrogen-bond acceptors (Lipinski definition) is 2. The highest BCUT2D eigenvalue weighted by Gasteiger charge is 2.11. The van der Waals surface area contributed by atoms with E-state index in [9.17, 15) is 9.90 Å². The van der Waals surface area contributed by atoms with Gasteiger partial charge in [0, 0.05) is 17.2 Å². The molecule has 0 fully saturated rings. The molecule has 0 saturated carbocycles. The van der Waals surface area contributed by atoms with Gasteiger partial charge in [0.1, 0.15) is 5.75 Å². The molecule has 0 bridgehead atoms. The van der Waals surface area contributed by atoms with Gasteiger partial charge in [-0.1, -0.05) is 18.2 Å². The van der Waals surface area contributed by atoms with Gasteiger partial charge >= 0.3 is 0 Å². The van der Waals surface area contributed by atoms with E-state index in [1.54, 1.807) is 30.3 Å². The molecule has 0 atom stereocenters. The first-order chi connectivity index (χ1) is 7.38. The zero-order chi connectivity index (χ0) is 12.2.